The molecule has 9 heteroatoms. The average Bonchev–Trinajstić information content (AvgIpc) is 2.33. The van der Waals surface area contributed by atoms with Crippen molar-refractivity contribution in [2.45, 2.75) is 0 Å². The van der Waals surface area contributed by atoms with Gasteiger partial charge in [-0.15, -0.1) is 0 Å². The van der Waals surface area contributed by atoms with E-state index in [2.05, 4.69) is 15.3 Å². The van der Waals surface area contributed by atoms with Crippen LogP contribution in [0.5, 0.6) is 0 Å². The molecule has 0 atom stereocenters. The lowest BCUT2D eigenvalue weighted by molar-refractivity contribution is -0.384. The predicted molar refractivity (Wildman–Crippen MR) is 64.3 cm³/mol. The van der Waals surface area contributed by atoms with E-state index >= 15 is 0 Å². The van der Waals surface area contributed by atoms with Crippen molar-refractivity contribution >= 4 is 17.5 Å². The van der Waals surface area contributed by atoms with Crippen molar-refractivity contribution in [2.24, 2.45) is 0 Å². The van der Waals surface area contributed by atoms with Gasteiger partial charge >= 0.3 is 5.69 Å². The molecule has 0 aromatic carbocycles. The van der Waals surface area contributed by atoms with Gasteiger partial charge in [-0.1, -0.05) is 0 Å². The number of nitro groups is 1. The maximum absolute atomic E-state index is 10.7. The first kappa shape index (κ1) is 14.1. The van der Waals surface area contributed by atoms with Crippen LogP contribution < -0.4 is 11.1 Å². The van der Waals surface area contributed by atoms with Crippen LogP contribution in [0.1, 0.15) is 0 Å². The molecule has 1 heterocycles. The van der Waals surface area contributed by atoms with E-state index in [0.29, 0.717) is 26.4 Å². The Bertz CT molecular complexity index is 401. The van der Waals surface area contributed by atoms with E-state index in [4.69, 9.17) is 15.2 Å². The van der Waals surface area contributed by atoms with Gasteiger partial charge in [-0.05, 0) is 0 Å². The quantitative estimate of drug-likeness (QED) is 0.380. The number of anilines is 2. The molecule has 3 N–H and O–H groups in total. The number of nitrogens with two attached hydrogens (primary N) is 1. The zero-order valence-corrected chi connectivity index (χ0v) is 9.96. The molecule has 0 spiro atoms. The molecule has 18 heavy (non-hydrogen) atoms. The smallest absolute Gasteiger partial charge is 0.329 e. The SMILES string of the molecule is COCCOCCNc1nc(N)ncc1[N+](=O)[O-]. The molecule has 0 saturated heterocycles. The molecule has 1 rings (SSSR count). The van der Waals surface area contributed by atoms with Gasteiger partial charge in [-0.3, -0.25) is 10.1 Å². The molecule has 0 aliphatic rings. The molecular weight excluding hydrogens is 242 g/mol. The third kappa shape index (κ3) is 4.47. The highest BCUT2D eigenvalue weighted by molar-refractivity contribution is 5.56. The number of hydrogen-bond acceptors (Lipinski definition) is 8. The lowest BCUT2D eigenvalue weighted by Crippen LogP contribution is -2.14. The van der Waals surface area contributed by atoms with Crippen molar-refractivity contribution in [3.63, 3.8) is 0 Å². The van der Waals surface area contributed by atoms with Crippen molar-refractivity contribution in [3.8, 4) is 0 Å². The minimum Gasteiger partial charge on any atom is -0.382 e. The van der Waals surface area contributed by atoms with Crippen LogP contribution in [-0.4, -0.2) is 48.4 Å². The second-order valence-corrected chi connectivity index (χ2v) is 3.25. The van der Waals surface area contributed by atoms with Crippen molar-refractivity contribution in [1.29, 1.82) is 0 Å². The highest BCUT2D eigenvalue weighted by Crippen LogP contribution is 2.20. The zero-order valence-electron chi connectivity index (χ0n) is 9.96. The summed E-state index contributed by atoms with van der Waals surface area (Å²) in [5, 5.41) is 13.5. The lowest BCUT2D eigenvalue weighted by atomic mass is 10.4. The van der Waals surface area contributed by atoms with Gasteiger partial charge in [0.15, 0.2) is 0 Å². The summed E-state index contributed by atoms with van der Waals surface area (Å²) in [6, 6.07) is 0. The first-order valence-corrected chi connectivity index (χ1v) is 5.22. The topological polar surface area (TPSA) is 125 Å². The van der Waals surface area contributed by atoms with Gasteiger partial charge in [0.1, 0.15) is 6.20 Å². The van der Waals surface area contributed by atoms with E-state index in [1.807, 2.05) is 0 Å². The molecule has 100 valence electrons. The van der Waals surface area contributed by atoms with Crippen LogP contribution in [-0.2, 0) is 9.47 Å². The number of nitrogen functional groups attached to an aromatic ring is 1. The normalized spacial score (nSPS) is 10.3. The lowest BCUT2D eigenvalue weighted by Gasteiger charge is -2.07. The summed E-state index contributed by atoms with van der Waals surface area (Å²) in [6.45, 7) is 1.72. The molecule has 9 nitrogen and oxygen atoms in total. The number of nitrogens with one attached hydrogen (secondary N) is 1. The van der Waals surface area contributed by atoms with Gasteiger partial charge in [-0.2, -0.15) is 4.98 Å². The van der Waals surface area contributed by atoms with Crippen LogP contribution in [0.15, 0.2) is 6.20 Å². The summed E-state index contributed by atoms with van der Waals surface area (Å²) in [6.07, 6.45) is 1.07. The summed E-state index contributed by atoms with van der Waals surface area (Å²) in [7, 11) is 1.58. The maximum Gasteiger partial charge on any atom is 0.329 e. The van der Waals surface area contributed by atoms with Crippen LogP contribution in [0.25, 0.3) is 0 Å². The van der Waals surface area contributed by atoms with Gasteiger partial charge in [0, 0.05) is 13.7 Å². The molecule has 0 amide bonds. The van der Waals surface area contributed by atoms with Crippen molar-refractivity contribution in [3.05, 3.63) is 16.3 Å². The van der Waals surface area contributed by atoms with E-state index in [1.54, 1.807) is 7.11 Å². The number of rotatable bonds is 8. The highest BCUT2D eigenvalue weighted by Gasteiger charge is 2.15. The number of nitrogens with zero attached hydrogens (tertiary/aromatic N) is 3. The first-order chi connectivity index (χ1) is 8.65. The molecule has 1 aromatic rings. The summed E-state index contributed by atoms with van der Waals surface area (Å²) in [5.74, 6) is 0.0613. The Labute approximate surface area is 103 Å². The fraction of sp³-hybridized carbons (Fsp3) is 0.556. The minimum absolute atomic E-state index is 0.0246. The second kappa shape index (κ2) is 7.35. The molecule has 0 fully saturated rings. The van der Waals surface area contributed by atoms with E-state index in [0.717, 1.165) is 6.20 Å². The molecular formula is C9H15N5O4. The first-order valence-electron chi connectivity index (χ1n) is 5.22. The maximum atomic E-state index is 10.7. The Morgan fingerprint density at radius 2 is 2.28 bits per heavy atom. The molecule has 0 unspecified atom stereocenters. The standard InChI is InChI=1S/C9H15N5O4/c1-17-4-5-18-3-2-11-8-7(14(15)16)6-12-9(10)13-8/h6H,2-5H2,1H3,(H3,10,11,12,13). The van der Waals surface area contributed by atoms with Crippen LogP contribution in [0.4, 0.5) is 17.5 Å². The average molecular weight is 257 g/mol. The van der Waals surface area contributed by atoms with Crippen molar-refractivity contribution < 1.29 is 14.4 Å². The van der Waals surface area contributed by atoms with Crippen LogP contribution in [0.2, 0.25) is 0 Å². The third-order valence-corrected chi connectivity index (χ3v) is 1.96. The van der Waals surface area contributed by atoms with Gasteiger partial charge in [0.05, 0.1) is 24.7 Å². The fourth-order valence-electron chi connectivity index (χ4n) is 1.14. The van der Waals surface area contributed by atoms with E-state index in [-0.39, 0.29) is 17.5 Å². The summed E-state index contributed by atoms with van der Waals surface area (Å²) < 4.78 is 10.00. The van der Waals surface area contributed by atoms with Crippen molar-refractivity contribution in [1.82, 2.24) is 9.97 Å². The zero-order chi connectivity index (χ0) is 13.4. The Morgan fingerprint density at radius 3 is 2.94 bits per heavy atom. The number of aromatic nitrogens is 2. The summed E-state index contributed by atoms with van der Waals surface area (Å²) in [4.78, 5) is 17.5. The summed E-state index contributed by atoms with van der Waals surface area (Å²) in [5.41, 5.74) is 5.14. The van der Waals surface area contributed by atoms with Crippen LogP contribution in [0.3, 0.4) is 0 Å². The molecule has 1 aromatic heterocycles. The van der Waals surface area contributed by atoms with Gasteiger partial charge in [0.25, 0.3) is 0 Å². The monoisotopic (exact) mass is 257 g/mol. The Hall–Kier alpha value is -2.00. The second-order valence-electron chi connectivity index (χ2n) is 3.25. The molecule has 0 bridgehead atoms. The van der Waals surface area contributed by atoms with Gasteiger partial charge < -0.3 is 20.5 Å². The fourth-order valence-corrected chi connectivity index (χ4v) is 1.14. The van der Waals surface area contributed by atoms with Crippen LogP contribution >= 0.6 is 0 Å². The molecule has 0 radical (unpaired) electrons. The van der Waals surface area contributed by atoms with Crippen LogP contribution in [0, 0.1) is 10.1 Å². The largest absolute Gasteiger partial charge is 0.382 e. The molecule has 0 aliphatic heterocycles. The Balaban J connectivity index is 2.45. The molecule has 0 aliphatic carbocycles. The number of methoxy groups -OCH3 is 1. The van der Waals surface area contributed by atoms with Crippen molar-refractivity contribution in [2.75, 3.05) is 44.5 Å². The number of ether oxygens (including phenoxy) is 2. The molecule has 0 saturated carbocycles. The number of hydrogen-bond donors (Lipinski definition) is 2. The highest BCUT2D eigenvalue weighted by atomic mass is 16.6. The van der Waals surface area contributed by atoms with E-state index in [1.165, 1.54) is 0 Å². The van der Waals surface area contributed by atoms with E-state index in [9.17, 15) is 10.1 Å². The summed E-state index contributed by atoms with van der Waals surface area (Å²) >= 11 is 0. The Morgan fingerprint density at radius 1 is 1.50 bits per heavy atom. The third-order valence-electron chi connectivity index (χ3n) is 1.96. The minimum atomic E-state index is -0.576. The predicted octanol–water partition coefficient (Wildman–Crippen LogP) is 0.0419. The van der Waals surface area contributed by atoms with Gasteiger partial charge in [-0.25, -0.2) is 4.98 Å². The van der Waals surface area contributed by atoms with E-state index < -0.39 is 4.92 Å². The Kier molecular flexibility index (Phi) is 5.74. The van der Waals surface area contributed by atoms with Gasteiger partial charge in [0.2, 0.25) is 11.8 Å².